The molecule has 4 rings (SSSR count). The smallest absolute Gasteiger partial charge is 0.484 e. The molecule has 2 aliphatic heterocycles. The standard InChI is InChI=1S/C22H24BN3O4/c1-15-6-8-26(9-7-15)22(25)14-28-21-11-19(3-2-16(21)12-24)30-18-4-5-20-17(10-18)13-29-23(20)27/h2-5,10-11,15,25,27H,6-9,13-14H2,1H3. The van der Waals surface area contributed by atoms with Gasteiger partial charge in [0, 0.05) is 19.2 Å². The molecule has 0 amide bonds. The van der Waals surface area contributed by atoms with Crippen LogP contribution in [-0.4, -0.2) is 42.6 Å². The number of fused-ring (bicyclic) bond motifs is 1. The van der Waals surface area contributed by atoms with Crippen LogP contribution in [0.25, 0.3) is 0 Å². The highest BCUT2D eigenvalue weighted by Gasteiger charge is 2.27. The molecule has 0 radical (unpaired) electrons. The molecular formula is C22H24BN3O4. The number of nitrogens with one attached hydrogen (secondary N) is 1. The first kappa shape index (κ1) is 20.3. The van der Waals surface area contributed by atoms with Crippen molar-refractivity contribution in [2.75, 3.05) is 19.7 Å². The van der Waals surface area contributed by atoms with Crippen LogP contribution in [0.5, 0.6) is 17.2 Å². The quantitative estimate of drug-likeness (QED) is 0.451. The Morgan fingerprint density at radius 3 is 2.77 bits per heavy atom. The highest BCUT2D eigenvalue weighted by atomic mass is 16.5. The lowest BCUT2D eigenvalue weighted by atomic mass is 9.80. The van der Waals surface area contributed by atoms with Crippen molar-refractivity contribution in [2.45, 2.75) is 26.4 Å². The Bertz CT molecular complexity index is 983. The fourth-order valence-electron chi connectivity index (χ4n) is 3.70. The maximum absolute atomic E-state index is 9.74. The number of hydrogen-bond donors (Lipinski definition) is 2. The highest BCUT2D eigenvalue weighted by Crippen LogP contribution is 2.29. The molecule has 0 saturated carbocycles. The largest absolute Gasteiger partial charge is 0.491 e. The number of benzene rings is 2. The third-order valence-electron chi connectivity index (χ3n) is 5.62. The first-order valence-corrected chi connectivity index (χ1v) is 10.1. The average Bonchev–Trinajstić information content (AvgIpc) is 3.13. The van der Waals surface area contributed by atoms with Crippen molar-refractivity contribution < 1.29 is 19.2 Å². The lowest BCUT2D eigenvalue weighted by Crippen LogP contribution is -2.40. The molecule has 2 aliphatic rings. The summed E-state index contributed by atoms with van der Waals surface area (Å²) in [6.45, 7) is 4.43. The van der Waals surface area contributed by atoms with E-state index in [1.165, 1.54) is 0 Å². The van der Waals surface area contributed by atoms with Gasteiger partial charge < -0.3 is 24.1 Å². The maximum atomic E-state index is 9.74. The van der Waals surface area contributed by atoms with Gasteiger partial charge in [0.25, 0.3) is 0 Å². The minimum absolute atomic E-state index is 0.112. The molecule has 1 saturated heterocycles. The number of amidine groups is 1. The van der Waals surface area contributed by atoms with Crippen LogP contribution in [0.15, 0.2) is 36.4 Å². The molecule has 0 aliphatic carbocycles. The van der Waals surface area contributed by atoms with Gasteiger partial charge in [-0.1, -0.05) is 13.0 Å². The summed E-state index contributed by atoms with van der Waals surface area (Å²) in [5.74, 6) is 2.65. The molecule has 1 fully saturated rings. The Morgan fingerprint density at radius 2 is 2.00 bits per heavy atom. The fourth-order valence-corrected chi connectivity index (χ4v) is 3.70. The van der Waals surface area contributed by atoms with Crippen LogP contribution >= 0.6 is 0 Å². The van der Waals surface area contributed by atoms with Gasteiger partial charge in [0.2, 0.25) is 0 Å². The first-order valence-electron chi connectivity index (χ1n) is 10.1. The summed E-state index contributed by atoms with van der Waals surface area (Å²) in [6.07, 6.45) is 2.16. The van der Waals surface area contributed by atoms with Gasteiger partial charge in [-0.15, -0.1) is 0 Å². The predicted octanol–water partition coefficient (Wildman–Crippen LogP) is 2.66. The molecule has 7 nitrogen and oxygen atoms in total. The normalized spacial score (nSPS) is 16.2. The summed E-state index contributed by atoms with van der Waals surface area (Å²) >= 11 is 0. The van der Waals surface area contributed by atoms with Crippen LogP contribution in [0, 0.1) is 22.7 Å². The van der Waals surface area contributed by atoms with E-state index in [2.05, 4.69) is 13.0 Å². The van der Waals surface area contributed by atoms with Crippen molar-refractivity contribution in [2.24, 2.45) is 5.92 Å². The third-order valence-corrected chi connectivity index (χ3v) is 5.62. The topological polar surface area (TPSA) is 98.8 Å². The highest BCUT2D eigenvalue weighted by molar-refractivity contribution is 6.61. The second-order valence-corrected chi connectivity index (χ2v) is 7.80. The Hall–Kier alpha value is -3.02. The molecule has 0 atom stereocenters. The number of piperidine rings is 1. The SMILES string of the molecule is CC1CCN(C(=N)COc2cc(Oc3ccc4c(c3)COB4O)ccc2C#N)CC1. The summed E-state index contributed by atoms with van der Waals surface area (Å²) in [4.78, 5) is 2.04. The van der Waals surface area contributed by atoms with E-state index in [1.54, 1.807) is 30.3 Å². The van der Waals surface area contributed by atoms with Crippen LogP contribution in [0.3, 0.4) is 0 Å². The van der Waals surface area contributed by atoms with Crippen molar-refractivity contribution in [1.82, 2.24) is 4.90 Å². The minimum Gasteiger partial charge on any atom is -0.484 e. The van der Waals surface area contributed by atoms with Gasteiger partial charge in [0.15, 0.2) is 0 Å². The van der Waals surface area contributed by atoms with Crippen molar-refractivity contribution >= 4 is 18.4 Å². The zero-order valence-electron chi connectivity index (χ0n) is 16.9. The van der Waals surface area contributed by atoms with Crippen LogP contribution in [-0.2, 0) is 11.3 Å². The summed E-state index contributed by atoms with van der Waals surface area (Å²) in [5, 5.41) is 27.4. The number of hydrogen-bond acceptors (Lipinski definition) is 6. The average molecular weight is 405 g/mol. The fraction of sp³-hybridized carbons (Fsp3) is 0.364. The Balaban J connectivity index is 1.43. The van der Waals surface area contributed by atoms with Crippen molar-refractivity contribution in [3.8, 4) is 23.3 Å². The van der Waals surface area contributed by atoms with Gasteiger partial charge in [-0.05, 0) is 54.1 Å². The zero-order chi connectivity index (χ0) is 21.1. The lowest BCUT2D eigenvalue weighted by molar-refractivity contribution is 0.259. The predicted molar refractivity (Wildman–Crippen MR) is 113 cm³/mol. The number of rotatable bonds is 5. The molecule has 0 bridgehead atoms. The van der Waals surface area contributed by atoms with Crippen LogP contribution in [0.4, 0.5) is 0 Å². The zero-order valence-corrected chi connectivity index (χ0v) is 16.9. The molecule has 2 N–H and O–H groups in total. The Morgan fingerprint density at radius 1 is 1.27 bits per heavy atom. The van der Waals surface area contributed by atoms with Gasteiger partial charge in [-0.3, -0.25) is 5.41 Å². The molecule has 8 heteroatoms. The molecule has 2 aromatic rings. The van der Waals surface area contributed by atoms with Crippen molar-refractivity contribution in [1.29, 1.82) is 10.7 Å². The summed E-state index contributed by atoms with van der Waals surface area (Å²) in [6, 6.07) is 12.5. The molecule has 2 heterocycles. The van der Waals surface area contributed by atoms with Gasteiger partial charge in [-0.2, -0.15) is 5.26 Å². The van der Waals surface area contributed by atoms with Gasteiger partial charge in [0.1, 0.15) is 35.8 Å². The number of nitriles is 1. The molecular weight excluding hydrogens is 381 g/mol. The number of likely N-dealkylation sites (tertiary alicyclic amines) is 1. The summed E-state index contributed by atoms with van der Waals surface area (Å²) in [7, 11) is -0.887. The number of nitrogens with zero attached hydrogens (tertiary/aromatic N) is 2. The van der Waals surface area contributed by atoms with Crippen molar-refractivity contribution in [3.05, 3.63) is 47.5 Å². The molecule has 30 heavy (non-hydrogen) atoms. The van der Waals surface area contributed by atoms with E-state index >= 15 is 0 Å². The second kappa shape index (κ2) is 8.78. The first-order chi connectivity index (χ1) is 14.5. The van der Waals surface area contributed by atoms with E-state index in [0.29, 0.717) is 41.2 Å². The van der Waals surface area contributed by atoms with E-state index < -0.39 is 7.12 Å². The summed E-state index contributed by atoms with van der Waals surface area (Å²) in [5.41, 5.74) is 2.03. The molecule has 0 spiro atoms. The van der Waals surface area contributed by atoms with Crippen molar-refractivity contribution in [3.63, 3.8) is 0 Å². The maximum Gasteiger partial charge on any atom is 0.491 e. The second-order valence-electron chi connectivity index (χ2n) is 7.80. The van der Waals surface area contributed by atoms with Gasteiger partial charge in [0.05, 0.1) is 12.2 Å². The third kappa shape index (κ3) is 4.43. The Labute approximate surface area is 176 Å². The molecule has 2 aromatic carbocycles. The van der Waals surface area contributed by atoms with E-state index in [1.807, 2.05) is 11.0 Å². The number of ether oxygens (including phenoxy) is 2. The van der Waals surface area contributed by atoms with Gasteiger partial charge >= 0.3 is 7.12 Å². The van der Waals surface area contributed by atoms with Gasteiger partial charge in [-0.25, -0.2) is 0 Å². The molecule has 154 valence electrons. The van der Waals surface area contributed by atoms with E-state index in [0.717, 1.165) is 37.0 Å². The van der Waals surface area contributed by atoms with Crippen LogP contribution in [0.2, 0.25) is 0 Å². The van der Waals surface area contributed by atoms with Crippen LogP contribution < -0.4 is 14.9 Å². The molecule has 0 unspecified atom stereocenters. The van der Waals surface area contributed by atoms with Crippen LogP contribution in [0.1, 0.15) is 30.9 Å². The van der Waals surface area contributed by atoms with E-state index in [-0.39, 0.29) is 6.61 Å². The Kier molecular flexibility index (Phi) is 5.93. The monoisotopic (exact) mass is 405 g/mol. The summed E-state index contributed by atoms with van der Waals surface area (Å²) < 4.78 is 16.9. The molecule has 0 aromatic heterocycles. The van der Waals surface area contributed by atoms with E-state index in [4.69, 9.17) is 19.5 Å². The lowest BCUT2D eigenvalue weighted by Gasteiger charge is -2.32. The minimum atomic E-state index is -0.887. The van der Waals surface area contributed by atoms with E-state index in [9.17, 15) is 10.3 Å².